The van der Waals surface area contributed by atoms with Gasteiger partial charge in [-0.05, 0) is 55.9 Å². The summed E-state index contributed by atoms with van der Waals surface area (Å²) in [6, 6.07) is 1.89. The Hall–Kier alpha value is -2.77. The molecular weight excluding hydrogens is 383 g/mol. The van der Waals surface area contributed by atoms with E-state index in [1.165, 1.54) is 17.7 Å². The third-order valence-corrected chi connectivity index (χ3v) is 8.18. The topological polar surface area (TPSA) is 90.6 Å². The number of carbonyl (C=O) groups excluding carboxylic acids is 1. The van der Waals surface area contributed by atoms with Crippen LogP contribution in [0.1, 0.15) is 43.9 Å². The lowest BCUT2D eigenvalue weighted by molar-refractivity contribution is -0.211. The Morgan fingerprint density at radius 1 is 1.33 bits per heavy atom. The molecule has 2 N–H and O–H groups in total. The third-order valence-electron chi connectivity index (χ3n) is 8.18. The van der Waals surface area contributed by atoms with Gasteiger partial charge in [0.15, 0.2) is 11.5 Å². The van der Waals surface area contributed by atoms with Crippen LogP contribution in [0.2, 0.25) is 0 Å². The number of hydrogen-bond acceptors (Lipinski definition) is 4. The average molecular weight is 406 g/mol. The molecule has 4 saturated carbocycles. The molecule has 2 bridgehead atoms. The maximum atomic E-state index is 13.9. The highest BCUT2D eigenvalue weighted by Crippen LogP contribution is 2.70. The number of pyridine rings is 1. The van der Waals surface area contributed by atoms with Gasteiger partial charge in [-0.3, -0.25) is 9.89 Å². The van der Waals surface area contributed by atoms with Crippen molar-refractivity contribution in [2.24, 2.45) is 16.7 Å². The van der Waals surface area contributed by atoms with Gasteiger partial charge in [0.1, 0.15) is 11.4 Å². The van der Waals surface area contributed by atoms with Crippen molar-refractivity contribution in [3.63, 3.8) is 0 Å². The standard InChI is InChI=1S/C22H23FN6O/c1-20-5-11(20)3-13-15(6-20)27-28-16(13)18-25-14-4-12(7-24-17(14)26-18)29(2)19(30)21-8-22(23,9-21)10-21/h4,7,11H,3,5-6,8-10H2,1-2H3,(H,27,28)(H,24,25,26)/t11-,20-,21?,22?/m1/s1. The molecule has 0 radical (unpaired) electrons. The fraction of sp³-hybridized carbons (Fsp3) is 0.545. The predicted octanol–water partition coefficient (Wildman–Crippen LogP) is 3.33. The van der Waals surface area contributed by atoms with Gasteiger partial charge in [0.2, 0.25) is 5.91 Å². The van der Waals surface area contributed by atoms with Crippen LogP contribution in [0.15, 0.2) is 12.3 Å². The molecule has 3 aromatic heterocycles. The van der Waals surface area contributed by atoms with Crippen LogP contribution in [0, 0.1) is 16.7 Å². The highest BCUT2D eigenvalue weighted by molar-refractivity contribution is 6.00. The van der Waals surface area contributed by atoms with Crippen molar-refractivity contribution in [2.75, 3.05) is 11.9 Å². The van der Waals surface area contributed by atoms with Gasteiger partial charge in [-0.25, -0.2) is 14.4 Å². The number of hydrogen-bond donors (Lipinski definition) is 2. The van der Waals surface area contributed by atoms with E-state index >= 15 is 0 Å². The number of aromatic nitrogens is 5. The van der Waals surface area contributed by atoms with E-state index in [2.05, 4.69) is 32.1 Å². The van der Waals surface area contributed by atoms with Crippen LogP contribution in [0.3, 0.4) is 0 Å². The molecule has 0 spiro atoms. The number of halogens is 1. The van der Waals surface area contributed by atoms with Crippen molar-refractivity contribution < 1.29 is 9.18 Å². The van der Waals surface area contributed by atoms with Crippen molar-refractivity contribution in [1.29, 1.82) is 0 Å². The number of amides is 1. The molecule has 8 heteroatoms. The number of alkyl halides is 1. The van der Waals surface area contributed by atoms with Crippen LogP contribution < -0.4 is 4.90 Å². The van der Waals surface area contributed by atoms with E-state index in [1.54, 1.807) is 18.1 Å². The number of nitrogens with zero attached hydrogens (tertiary/aromatic N) is 4. The zero-order chi connectivity index (χ0) is 20.5. The lowest BCUT2D eigenvalue weighted by Crippen LogP contribution is -2.70. The molecule has 154 valence electrons. The zero-order valence-electron chi connectivity index (χ0n) is 17.0. The van der Waals surface area contributed by atoms with Gasteiger partial charge in [-0.15, -0.1) is 0 Å². The van der Waals surface area contributed by atoms with Gasteiger partial charge in [0.05, 0.1) is 22.8 Å². The highest BCUT2D eigenvalue weighted by Gasteiger charge is 2.73. The van der Waals surface area contributed by atoms with Crippen molar-refractivity contribution >= 4 is 22.8 Å². The van der Waals surface area contributed by atoms with Gasteiger partial charge in [0, 0.05) is 18.3 Å². The Bertz CT molecular complexity index is 1240. The number of imidazole rings is 1. The number of anilines is 1. The van der Waals surface area contributed by atoms with Crippen molar-refractivity contribution in [3.05, 3.63) is 23.5 Å². The van der Waals surface area contributed by atoms with Gasteiger partial charge >= 0.3 is 0 Å². The van der Waals surface area contributed by atoms with Crippen LogP contribution in [0.5, 0.6) is 0 Å². The van der Waals surface area contributed by atoms with E-state index < -0.39 is 11.1 Å². The second-order valence-corrected chi connectivity index (χ2v) is 10.4. The highest BCUT2D eigenvalue weighted by atomic mass is 19.1. The second-order valence-electron chi connectivity index (χ2n) is 10.4. The zero-order valence-corrected chi connectivity index (χ0v) is 17.0. The van der Waals surface area contributed by atoms with Crippen molar-refractivity contribution in [3.8, 4) is 11.5 Å². The molecule has 8 rings (SSSR count). The summed E-state index contributed by atoms with van der Waals surface area (Å²) in [5.41, 5.74) is 4.30. The minimum absolute atomic E-state index is 0.0169. The fourth-order valence-corrected chi connectivity index (χ4v) is 6.20. The monoisotopic (exact) mass is 406 g/mol. The van der Waals surface area contributed by atoms with Crippen LogP contribution in [0.25, 0.3) is 22.7 Å². The summed E-state index contributed by atoms with van der Waals surface area (Å²) in [7, 11) is 1.74. The van der Waals surface area contributed by atoms with E-state index in [9.17, 15) is 9.18 Å². The lowest BCUT2D eigenvalue weighted by Gasteiger charge is -2.64. The van der Waals surface area contributed by atoms with Crippen molar-refractivity contribution in [1.82, 2.24) is 25.1 Å². The maximum absolute atomic E-state index is 13.9. The largest absolute Gasteiger partial charge is 0.335 e. The predicted molar refractivity (Wildman–Crippen MR) is 109 cm³/mol. The number of rotatable bonds is 3. The summed E-state index contributed by atoms with van der Waals surface area (Å²) in [6.45, 7) is 2.35. The summed E-state index contributed by atoms with van der Waals surface area (Å²) in [5, 5.41) is 7.77. The van der Waals surface area contributed by atoms with Gasteiger partial charge < -0.3 is 9.88 Å². The van der Waals surface area contributed by atoms with Crippen molar-refractivity contribution in [2.45, 2.75) is 51.1 Å². The smallest absolute Gasteiger partial charge is 0.233 e. The summed E-state index contributed by atoms with van der Waals surface area (Å²) >= 11 is 0. The number of nitrogens with one attached hydrogen (secondary N) is 2. The molecule has 1 amide bonds. The number of H-pyrrole nitrogens is 2. The SMILES string of the molecule is CN(C(=O)C12CC(F)(C1)C2)c1cnc2nc(-c3n[nH]c4c3C[C@@H]3C[C@]3(C)C4)[nH]c2c1. The Balaban J connectivity index is 1.20. The molecule has 0 saturated heterocycles. The first kappa shape index (κ1) is 17.0. The molecule has 7 nitrogen and oxygen atoms in total. The van der Waals surface area contributed by atoms with Crippen LogP contribution in [0.4, 0.5) is 10.1 Å². The number of aromatic amines is 2. The first-order chi connectivity index (χ1) is 14.3. The van der Waals surface area contributed by atoms with Gasteiger partial charge in [0.25, 0.3) is 0 Å². The first-order valence-electron chi connectivity index (χ1n) is 10.7. The first-order valence-corrected chi connectivity index (χ1v) is 10.7. The van der Waals surface area contributed by atoms with E-state index in [-0.39, 0.29) is 5.91 Å². The molecule has 30 heavy (non-hydrogen) atoms. The Morgan fingerprint density at radius 2 is 2.13 bits per heavy atom. The van der Waals surface area contributed by atoms with E-state index in [1.807, 2.05) is 6.07 Å². The summed E-state index contributed by atoms with van der Waals surface area (Å²) < 4.78 is 13.9. The van der Waals surface area contributed by atoms with Crippen LogP contribution in [-0.2, 0) is 17.6 Å². The molecule has 3 heterocycles. The Kier molecular flexibility index (Phi) is 2.78. The van der Waals surface area contributed by atoms with Gasteiger partial charge in [-0.2, -0.15) is 5.10 Å². The minimum atomic E-state index is -1.09. The lowest BCUT2D eigenvalue weighted by atomic mass is 9.42. The maximum Gasteiger partial charge on any atom is 0.233 e. The Labute approximate surface area is 172 Å². The summed E-state index contributed by atoms with van der Waals surface area (Å²) in [5.74, 6) is 1.44. The minimum Gasteiger partial charge on any atom is -0.335 e. The van der Waals surface area contributed by atoms with Crippen LogP contribution in [-0.4, -0.2) is 43.8 Å². The second kappa shape index (κ2) is 4.92. The molecule has 0 aliphatic heterocycles. The Morgan fingerprint density at radius 3 is 2.90 bits per heavy atom. The molecule has 2 atom stereocenters. The molecule has 0 aromatic carbocycles. The van der Waals surface area contributed by atoms with E-state index in [4.69, 9.17) is 0 Å². The molecular formula is C22H23FN6O. The molecule has 3 aromatic rings. The van der Waals surface area contributed by atoms with E-state index in [0.29, 0.717) is 41.8 Å². The third kappa shape index (κ3) is 2.04. The van der Waals surface area contributed by atoms with Crippen LogP contribution >= 0.6 is 0 Å². The summed E-state index contributed by atoms with van der Waals surface area (Å²) in [4.78, 5) is 26.9. The fourth-order valence-electron chi connectivity index (χ4n) is 6.20. The number of fused-ring (bicyclic) bond motifs is 3. The molecule has 5 aliphatic rings. The number of carbonyl (C=O) groups is 1. The molecule has 4 fully saturated rings. The average Bonchev–Trinajstić information content (AvgIpc) is 3.00. The summed E-state index contributed by atoms with van der Waals surface area (Å²) in [6.07, 6.45) is 6.12. The van der Waals surface area contributed by atoms with Gasteiger partial charge in [-0.1, -0.05) is 6.92 Å². The molecule has 5 aliphatic carbocycles. The quantitative estimate of drug-likeness (QED) is 0.698. The van der Waals surface area contributed by atoms with E-state index in [0.717, 1.165) is 30.0 Å². The normalized spacial score (nSPS) is 35.2. The molecule has 0 unspecified atom stereocenters.